The Morgan fingerprint density at radius 3 is 2.84 bits per heavy atom. The molecule has 38 heavy (non-hydrogen) atoms. The number of benzene rings is 1. The average Bonchev–Trinajstić information content (AvgIpc) is 3.20. The quantitative estimate of drug-likeness (QED) is 0.397. The van der Waals surface area contributed by atoms with Crippen LogP contribution in [0.5, 0.6) is 17.6 Å². The van der Waals surface area contributed by atoms with E-state index in [-0.39, 0.29) is 51.4 Å². The van der Waals surface area contributed by atoms with Gasteiger partial charge >= 0.3 is 6.01 Å². The predicted molar refractivity (Wildman–Crippen MR) is 137 cm³/mol. The number of ether oxygens (including phenoxy) is 3. The molecule has 0 amide bonds. The van der Waals surface area contributed by atoms with Crippen molar-refractivity contribution in [1.29, 1.82) is 0 Å². The molecule has 4 heterocycles. The molecule has 1 aromatic heterocycles. The zero-order chi connectivity index (χ0) is 26.7. The Bertz CT molecular complexity index is 1240. The third-order valence-corrected chi connectivity index (χ3v) is 9.57. The molecule has 1 aliphatic carbocycles. The van der Waals surface area contributed by atoms with Gasteiger partial charge in [-0.05, 0) is 54.6 Å². The molecular weight excluding hydrogens is 593 g/mol. The third kappa shape index (κ3) is 4.80. The van der Waals surface area contributed by atoms with E-state index in [4.69, 9.17) is 25.8 Å². The first kappa shape index (κ1) is 26.6. The highest BCUT2D eigenvalue weighted by molar-refractivity contribution is 9.10. The Morgan fingerprint density at radius 1 is 1.29 bits per heavy atom. The molecule has 13 heteroatoms. The number of halogens is 5. The van der Waals surface area contributed by atoms with Crippen molar-refractivity contribution in [1.82, 2.24) is 20.2 Å². The van der Waals surface area contributed by atoms with E-state index in [9.17, 15) is 9.50 Å². The van der Waals surface area contributed by atoms with Crippen molar-refractivity contribution >= 4 is 38.4 Å². The van der Waals surface area contributed by atoms with Gasteiger partial charge in [0, 0.05) is 25.6 Å². The van der Waals surface area contributed by atoms with Gasteiger partial charge in [-0.15, -0.1) is 0 Å². The molecule has 4 aliphatic rings. The largest absolute Gasteiger partial charge is 0.493 e. The summed E-state index contributed by atoms with van der Waals surface area (Å²) in [4.78, 5) is 10.3. The van der Waals surface area contributed by atoms with Crippen LogP contribution >= 0.6 is 27.5 Å². The lowest BCUT2D eigenvalue weighted by Crippen LogP contribution is -2.49. The van der Waals surface area contributed by atoms with Crippen LogP contribution in [0.1, 0.15) is 38.5 Å². The lowest BCUT2D eigenvalue weighted by molar-refractivity contribution is 0.107. The van der Waals surface area contributed by atoms with Gasteiger partial charge in [0.05, 0.1) is 22.7 Å². The normalized spacial score (nSPS) is 29.1. The molecule has 0 spiro atoms. The third-order valence-electron chi connectivity index (χ3n) is 8.23. The predicted octanol–water partition coefficient (Wildman–Crippen LogP) is 4.47. The number of aromatic hydroxyl groups is 1. The van der Waals surface area contributed by atoms with Crippen LogP contribution < -0.4 is 14.8 Å². The van der Waals surface area contributed by atoms with Crippen molar-refractivity contribution in [3.05, 3.63) is 15.3 Å². The molecule has 4 fully saturated rings. The van der Waals surface area contributed by atoms with Crippen molar-refractivity contribution in [2.45, 2.75) is 68.0 Å². The number of fused-ring (bicyclic) bond motifs is 2. The fraction of sp³-hybridized carbons (Fsp3) is 0.680. The van der Waals surface area contributed by atoms with Crippen LogP contribution in [-0.4, -0.2) is 89.0 Å². The highest BCUT2D eigenvalue weighted by atomic mass is 79.9. The first-order chi connectivity index (χ1) is 18.2. The Morgan fingerprint density at radius 2 is 2.11 bits per heavy atom. The smallest absolute Gasteiger partial charge is 0.320 e. The molecule has 8 nitrogen and oxygen atoms in total. The molecule has 1 saturated carbocycles. The summed E-state index contributed by atoms with van der Waals surface area (Å²) >= 11 is 9.55. The molecule has 3 saturated heterocycles. The van der Waals surface area contributed by atoms with E-state index in [0.717, 1.165) is 25.8 Å². The van der Waals surface area contributed by atoms with Crippen LogP contribution in [0, 0.1) is 5.82 Å². The highest BCUT2D eigenvalue weighted by Crippen LogP contribution is 2.47. The van der Waals surface area contributed by atoms with Crippen molar-refractivity contribution in [2.24, 2.45) is 0 Å². The summed E-state index contributed by atoms with van der Waals surface area (Å²) in [5.74, 6) is -1.47. The van der Waals surface area contributed by atoms with Gasteiger partial charge in [-0.1, -0.05) is 11.6 Å². The van der Waals surface area contributed by atoms with Gasteiger partial charge in [-0.25, -0.2) is 13.2 Å². The summed E-state index contributed by atoms with van der Waals surface area (Å²) in [7, 11) is 0. The number of alkyl halides is 2. The first-order valence-corrected chi connectivity index (χ1v) is 14.1. The number of nitrogens with zero attached hydrogens (tertiary/aromatic N) is 3. The number of rotatable bonds is 9. The molecule has 2 N–H and O–H groups in total. The van der Waals surface area contributed by atoms with E-state index >= 15 is 8.78 Å². The molecular formula is C25H29BrClF3N4O4. The maximum absolute atomic E-state index is 15.3. The second-order valence-corrected chi connectivity index (χ2v) is 12.0. The summed E-state index contributed by atoms with van der Waals surface area (Å²) in [5.41, 5.74) is -2.14. The SMILES string of the molecule is Oc1nc(OC[C@@]23CCCN2C[C@H](F)C3)nc2c(F)c(Br)c(Cl)c(OCC(NC3CCOC3)C3(F)CC3)c12. The molecule has 0 bridgehead atoms. The van der Waals surface area contributed by atoms with Gasteiger partial charge in [0.1, 0.15) is 41.0 Å². The molecule has 3 aliphatic heterocycles. The fourth-order valence-electron chi connectivity index (χ4n) is 5.99. The Balaban J connectivity index is 1.26. The van der Waals surface area contributed by atoms with Gasteiger partial charge in [0.15, 0.2) is 11.6 Å². The van der Waals surface area contributed by atoms with Gasteiger partial charge in [-0.3, -0.25) is 4.90 Å². The first-order valence-electron chi connectivity index (χ1n) is 12.9. The van der Waals surface area contributed by atoms with Crippen LogP contribution in [0.3, 0.4) is 0 Å². The minimum absolute atomic E-state index is 0.00300. The van der Waals surface area contributed by atoms with E-state index in [0.29, 0.717) is 39.0 Å². The monoisotopic (exact) mass is 620 g/mol. The summed E-state index contributed by atoms with van der Waals surface area (Å²) in [6.07, 6.45) is 2.70. The molecule has 2 unspecified atom stereocenters. The average molecular weight is 622 g/mol. The zero-order valence-electron chi connectivity index (χ0n) is 20.6. The number of hydrogen-bond acceptors (Lipinski definition) is 8. The lowest BCUT2D eigenvalue weighted by atomic mass is 9.95. The lowest BCUT2D eigenvalue weighted by Gasteiger charge is -2.30. The minimum Gasteiger partial charge on any atom is -0.493 e. The second-order valence-electron chi connectivity index (χ2n) is 10.8. The molecule has 0 radical (unpaired) electrons. The van der Waals surface area contributed by atoms with Crippen molar-refractivity contribution in [3.8, 4) is 17.6 Å². The summed E-state index contributed by atoms with van der Waals surface area (Å²) in [6.45, 7) is 2.25. The van der Waals surface area contributed by atoms with Crippen molar-refractivity contribution in [2.75, 3.05) is 39.5 Å². The standard InChI is InChI=1S/C25H29BrClF3N4O4/c26-17-18(27)21(37-11-15(25(30)4-5-25)31-14-2-7-36-10-14)16-20(19(17)29)32-23(33-22(16)35)38-12-24-3-1-6-34(24)9-13(28)8-24/h13-15,31H,1-12H2,(H,32,33,35)/t13-,14?,15?,24+/m1/s1. The number of aromatic nitrogens is 2. The number of hydrogen-bond donors (Lipinski definition) is 2. The molecule has 4 atom stereocenters. The van der Waals surface area contributed by atoms with Crippen LogP contribution in [0.15, 0.2) is 4.47 Å². The van der Waals surface area contributed by atoms with E-state index < -0.39 is 35.1 Å². The summed E-state index contributed by atoms with van der Waals surface area (Å²) < 4.78 is 61.6. The zero-order valence-corrected chi connectivity index (χ0v) is 23.0. The maximum Gasteiger partial charge on any atom is 0.320 e. The van der Waals surface area contributed by atoms with Crippen molar-refractivity contribution in [3.63, 3.8) is 0 Å². The Kier molecular flexibility index (Phi) is 7.07. The van der Waals surface area contributed by atoms with E-state index in [2.05, 4.69) is 36.1 Å². The maximum atomic E-state index is 15.3. The van der Waals surface area contributed by atoms with Gasteiger partial charge in [0.2, 0.25) is 5.88 Å². The molecule has 6 rings (SSSR count). The van der Waals surface area contributed by atoms with Gasteiger partial charge in [-0.2, -0.15) is 9.97 Å². The minimum atomic E-state index is -1.42. The van der Waals surface area contributed by atoms with Crippen LogP contribution in [0.4, 0.5) is 13.2 Å². The van der Waals surface area contributed by atoms with Crippen LogP contribution in [0.25, 0.3) is 10.9 Å². The molecule has 208 valence electrons. The van der Waals surface area contributed by atoms with E-state index in [1.54, 1.807) is 0 Å². The number of nitrogens with one attached hydrogen (secondary N) is 1. The summed E-state index contributed by atoms with van der Waals surface area (Å²) in [5, 5.41) is 13.8. The van der Waals surface area contributed by atoms with Crippen molar-refractivity contribution < 1.29 is 32.5 Å². The fourth-order valence-corrected chi connectivity index (χ4v) is 6.59. The Labute approximate surface area is 231 Å². The second kappa shape index (κ2) is 10.1. The Hall–Kier alpha value is -1.60. The van der Waals surface area contributed by atoms with E-state index in [1.165, 1.54) is 0 Å². The molecule has 1 aromatic carbocycles. The topological polar surface area (TPSA) is 89.0 Å². The van der Waals surface area contributed by atoms with E-state index in [1.807, 2.05) is 0 Å². The molecule has 2 aromatic rings. The van der Waals surface area contributed by atoms with Crippen LogP contribution in [0.2, 0.25) is 5.02 Å². The van der Waals surface area contributed by atoms with Crippen LogP contribution in [-0.2, 0) is 4.74 Å². The summed E-state index contributed by atoms with van der Waals surface area (Å²) in [6, 6.07) is -0.878. The van der Waals surface area contributed by atoms with Gasteiger partial charge in [0.25, 0.3) is 0 Å². The van der Waals surface area contributed by atoms with Gasteiger partial charge < -0.3 is 24.6 Å². The highest BCUT2D eigenvalue weighted by Gasteiger charge is 2.52.